The predicted molar refractivity (Wildman–Crippen MR) is 138 cm³/mol. The summed E-state index contributed by atoms with van der Waals surface area (Å²) in [4.78, 5) is 16.6. The fourth-order valence-corrected chi connectivity index (χ4v) is 8.72. The van der Waals surface area contributed by atoms with Crippen LogP contribution in [0.5, 0.6) is 11.5 Å². The van der Waals surface area contributed by atoms with Crippen molar-refractivity contribution in [1.82, 2.24) is 9.21 Å². The molecule has 0 spiro atoms. The Morgan fingerprint density at radius 2 is 1.89 bits per heavy atom. The number of methoxy groups -OCH3 is 1. The van der Waals surface area contributed by atoms with Crippen LogP contribution in [0.3, 0.4) is 0 Å². The number of hydrogen-bond acceptors (Lipinski definition) is 5. The number of benzene rings is 2. The van der Waals surface area contributed by atoms with Gasteiger partial charge in [-0.2, -0.15) is 4.31 Å². The summed E-state index contributed by atoms with van der Waals surface area (Å²) in [5.41, 5.74) is 2.27. The van der Waals surface area contributed by atoms with Crippen molar-refractivity contribution in [3.63, 3.8) is 0 Å². The second-order valence-electron chi connectivity index (χ2n) is 11.6. The summed E-state index contributed by atoms with van der Waals surface area (Å²) < 4.78 is 40.0. The van der Waals surface area contributed by atoms with Gasteiger partial charge in [-0.1, -0.05) is 12.1 Å². The maximum absolute atomic E-state index is 14.4. The molecule has 2 heterocycles. The number of carbonyl (C=O) groups excluding carboxylic acids is 1. The number of nitrogens with zero attached hydrogens (tertiary/aromatic N) is 2. The van der Waals surface area contributed by atoms with Gasteiger partial charge in [-0.25, -0.2) is 8.42 Å². The van der Waals surface area contributed by atoms with Crippen LogP contribution in [0.4, 0.5) is 0 Å². The highest BCUT2D eigenvalue weighted by atomic mass is 32.2. The van der Waals surface area contributed by atoms with Crippen molar-refractivity contribution < 1.29 is 22.7 Å². The molecule has 6 atom stereocenters. The molecular weight excluding hydrogens is 488 g/mol. The van der Waals surface area contributed by atoms with Crippen molar-refractivity contribution in [3.05, 3.63) is 53.6 Å². The van der Waals surface area contributed by atoms with E-state index in [0.717, 1.165) is 49.3 Å². The van der Waals surface area contributed by atoms with Gasteiger partial charge in [-0.3, -0.25) is 4.79 Å². The van der Waals surface area contributed by atoms with E-state index in [2.05, 4.69) is 18.2 Å². The molecule has 0 N–H and O–H groups in total. The first-order chi connectivity index (χ1) is 17.9. The first-order valence-electron chi connectivity index (χ1n) is 13.6. The lowest BCUT2D eigenvalue weighted by Crippen LogP contribution is -2.52. The fraction of sp³-hybridized carbons (Fsp3) is 0.552. The largest absolute Gasteiger partial charge is 0.497 e. The molecular formula is C29H34N2O5S. The number of ether oxygens (including phenoxy) is 2. The number of piperidine rings is 1. The van der Waals surface area contributed by atoms with Crippen molar-refractivity contribution in [2.45, 2.75) is 62.0 Å². The van der Waals surface area contributed by atoms with Crippen LogP contribution in [0, 0.1) is 23.7 Å². The third-order valence-corrected chi connectivity index (χ3v) is 11.2. The van der Waals surface area contributed by atoms with Crippen molar-refractivity contribution >= 4 is 15.9 Å². The maximum atomic E-state index is 14.4. The molecule has 37 heavy (non-hydrogen) atoms. The van der Waals surface area contributed by atoms with Crippen LogP contribution in [0.1, 0.15) is 43.2 Å². The molecule has 3 aliphatic carbocycles. The van der Waals surface area contributed by atoms with E-state index in [9.17, 15) is 13.2 Å². The maximum Gasteiger partial charge on any atom is 0.243 e. The Kier molecular flexibility index (Phi) is 5.55. The molecule has 2 aliphatic heterocycles. The summed E-state index contributed by atoms with van der Waals surface area (Å²) >= 11 is 0. The number of carbonyl (C=O) groups is 1. The first kappa shape index (κ1) is 23.5. The quantitative estimate of drug-likeness (QED) is 0.552. The Labute approximate surface area is 218 Å². The molecule has 5 aliphatic rings. The number of sulfonamides is 1. The van der Waals surface area contributed by atoms with E-state index in [1.54, 1.807) is 31.4 Å². The van der Waals surface area contributed by atoms with Gasteiger partial charge in [0.1, 0.15) is 17.5 Å². The van der Waals surface area contributed by atoms with Gasteiger partial charge in [0.25, 0.3) is 0 Å². The highest BCUT2D eigenvalue weighted by Crippen LogP contribution is 2.53. The lowest BCUT2D eigenvalue weighted by molar-refractivity contribution is -0.139. The monoisotopic (exact) mass is 522 g/mol. The van der Waals surface area contributed by atoms with Crippen LogP contribution in [-0.4, -0.2) is 55.9 Å². The minimum absolute atomic E-state index is 0.0207. The molecule has 7 nitrogen and oxygen atoms in total. The van der Waals surface area contributed by atoms with E-state index >= 15 is 0 Å². The van der Waals surface area contributed by atoms with Gasteiger partial charge in [-0.15, -0.1) is 0 Å². The van der Waals surface area contributed by atoms with Gasteiger partial charge in [0.05, 0.1) is 18.6 Å². The van der Waals surface area contributed by atoms with Gasteiger partial charge < -0.3 is 14.4 Å². The van der Waals surface area contributed by atoms with Gasteiger partial charge in [-0.05, 0) is 97.2 Å². The molecule has 2 aromatic carbocycles. The molecule has 8 heteroatoms. The lowest BCUT2D eigenvalue weighted by atomic mass is 9.93. The minimum atomic E-state index is -3.80. The Hall–Kier alpha value is -2.58. The SMILES string of the molecule is COc1ccc(S(=O)(=O)N2C[C@H]3C[C@H]3[C@@H]2C(=O)N(Cc2ccc3c(c2)OCC3)C2CCC3CC3C2)cc1. The molecule has 3 unspecified atom stereocenters. The highest BCUT2D eigenvalue weighted by Gasteiger charge is 2.60. The third-order valence-electron chi connectivity index (χ3n) is 9.38. The van der Waals surface area contributed by atoms with E-state index in [1.165, 1.54) is 16.3 Å². The van der Waals surface area contributed by atoms with Crippen molar-refractivity contribution in [2.24, 2.45) is 23.7 Å². The smallest absolute Gasteiger partial charge is 0.243 e. The van der Waals surface area contributed by atoms with Crippen LogP contribution in [0.2, 0.25) is 0 Å². The van der Waals surface area contributed by atoms with Crippen LogP contribution >= 0.6 is 0 Å². The second kappa shape index (κ2) is 8.73. The van der Waals surface area contributed by atoms with Crippen LogP contribution < -0.4 is 9.47 Å². The summed E-state index contributed by atoms with van der Waals surface area (Å²) in [6.07, 6.45) is 6.33. The van der Waals surface area contributed by atoms with Crippen LogP contribution in [-0.2, 0) is 27.8 Å². The molecule has 2 aromatic rings. The van der Waals surface area contributed by atoms with Crippen LogP contribution in [0.25, 0.3) is 0 Å². The van der Waals surface area contributed by atoms with E-state index in [1.807, 2.05) is 4.90 Å². The summed E-state index contributed by atoms with van der Waals surface area (Å²) in [6.45, 7) is 1.63. The topological polar surface area (TPSA) is 76.2 Å². The standard InChI is InChI=1S/C29H34N2O5S/c1-35-24-6-8-25(9-7-24)37(33,34)31-17-22-15-26(22)28(31)29(32)30(23-5-4-20-13-21(20)14-23)16-18-2-3-19-10-11-36-27(19)12-18/h2-3,6-9,12,20-23,26,28H,4-5,10-11,13-17H2,1H3/t20?,21?,22-,23?,26-,28-/m1/s1. The van der Waals surface area contributed by atoms with Crippen molar-refractivity contribution in [2.75, 3.05) is 20.3 Å². The fourth-order valence-electron chi connectivity index (χ4n) is 7.04. The molecule has 1 saturated heterocycles. The summed E-state index contributed by atoms with van der Waals surface area (Å²) in [5.74, 6) is 3.44. The summed E-state index contributed by atoms with van der Waals surface area (Å²) in [5, 5.41) is 0. The average molecular weight is 523 g/mol. The van der Waals surface area contributed by atoms with E-state index < -0.39 is 16.1 Å². The number of rotatable bonds is 7. The number of fused-ring (bicyclic) bond motifs is 3. The van der Waals surface area contributed by atoms with Gasteiger partial charge in [0, 0.05) is 25.6 Å². The van der Waals surface area contributed by atoms with E-state index in [0.29, 0.717) is 31.4 Å². The lowest BCUT2D eigenvalue weighted by Gasteiger charge is -2.38. The first-order valence-corrected chi connectivity index (χ1v) is 15.1. The van der Waals surface area contributed by atoms with Gasteiger partial charge >= 0.3 is 0 Å². The molecule has 0 bridgehead atoms. The van der Waals surface area contributed by atoms with Crippen molar-refractivity contribution in [1.29, 1.82) is 0 Å². The normalized spacial score (nSPS) is 31.6. The van der Waals surface area contributed by atoms with E-state index in [-0.39, 0.29) is 28.7 Å². The average Bonchev–Trinajstić information content (AvgIpc) is 3.78. The number of amides is 1. The third kappa shape index (κ3) is 4.13. The summed E-state index contributed by atoms with van der Waals surface area (Å²) in [7, 11) is -2.24. The van der Waals surface area contributed by atoms with Gasteiger partial charge in [0.2, 0.25) is 15.9 Å². The summed E-state index contributed by atoms with van der Waals surface area (Å²) in [6, 6.07) is 12.3. The van der Waals surface area contributed by atoms with Gasteiger partial charge in [0.15, 0.2) is 0 Å². The van der Waals surface area contributed by atoms with E-state index in [4.69, 9.17) is 9.47 Å². The molecule has 4 fully saturated rings. The molecule has 1 amide bonds. The zero-order valence-electron chi connectivity index (χ0n) is 21.2. The zero-order valence-corrected chi connectivity index (χ0v) is 22.0. The Bertz CT molecular complexity index is 1330. The second-order valence-corrected chi connectivity index (χ2v) is 13.5. The zero-order chi connectivity index (χ0) is 25.3. The van der Waals surface area contributed by atoms with Crippen LogP contribution in [0.15, 0.2) is 47.4 Å². The predicted octanol–water partition coefficient (Wildman–Crippen LogP) is 3.86. The highest BCUT2D eigenvalue weighted by molar-refractivity contribution is 7.89. The Balaban J connectivity index is 1.19. The molecule has 7 rings (SSSR count). The Morgan fingerprint density at radius 3 is 2.68 bits per heavy atom. The molecule has 196 valence electrons. The molecule has 0 radical (unpaired) electrons. The Morgan fingerprint density at radius 1 is 1.05 bits per heavy atom. The molecule has 3 saturated carbocycles. The van der Waals surface area contributed by atoms with Crippen molar-refractivity contribution in [3.8, 4) is 11.5 Å². The molecule has 0 aromatic heterocycles. The number of hydrogen-bond donors (Lipinski definition) is 0. The minimum Gasteiger partial charge on any atom is -0.497 e.